The number of rotatable bonds is 6. The molecule has 0 aliphatic carbocycles. The minimum absolute atomic E-state index is 0.0887. The zero-order valence-corrected chi connectivity index (χ0v) is 16.0. The Kier molecular flexibility index (Phi) is 7.10. The molecule has 0 amide bonds. The van der Waals surface area contributed by atoms with E-state index in [1.165, 1.54) is 23.3 Å². The van der Waals surface area contributed by atoms with Crippen molar-refractivity contribution in [1.82, 2.24) is 10.2 Å². The van der Waals surface area contributed by atoms with E-state index in [0.29, 0.717) is 6.04 Å². The molecule has 1 saturated heterocycles. The minimum Gasteiger partial charge on any atom is -0.497 e. The number of hydrogen-bond acceptors (Lipinski definition) is 5. The third-order valence-electron chi connectivity index (χ3n) is 4.58. The van der Waals surface area contributed by atoms with Crippen LogP contribution >= 0.6 is 11.3 Å². The fourth-order valence-electron chi connectivity index (χ4n) is 3.32. The largest absolute Gasteiger partial charge is 0.497 e. The van der Waals surface area contributed by atoms with Gasteiger partial charge in [0.1, 0.15) is 12.4 Å². The van der Waals surface area contributed by atoms with Crippen LogP contribution in [0, 0.1) is 11.8 Å². The fourth-order valence-corrected chi connectivity index (χ4v) is 4.09. The number of hydrogen-bond donors (Lipinski definition) is 2. The molecule has 1 aliphatic rings. The molecule has 26 heavy (non-hydrogen) atoms. The van der Waals surface area contributed by atoms with E-state index in [0.717, 1.165) is 37.5 Å². The Morgan fingerprint density at radius 2 is 2.31 bits per heavy atom. The number of thiophene rings is 1. The van der Waals surface area contributed by atoms with E-state index in [9.17, 15) is 0 Å². The lowest BCUT2D eigenvalue weighted by Crippen LogP contribution is -2.44. The lowest BCUT2D eigenvalue weighted by atomic mass is 10.0. The van der Waals surface area contributed by atoms with Crippen molar-refractivity contribution in [3.05, 3.63) is 51.7 Å². The SMILES string of the molecule is COc1cccc(CN2CCC[C@@H](NCc3cc(C#CCO)cs3)C2)c1. The van der Waals surface area contributed by atoms with Crippen LogP contribution < -0.4 is 10.1 Å². The van der Waals surface area contributed by atoms with E-state index in [2.05, 4.69) is 51.7 Å². The van der Waals surface area contributed by atoms with Gasteiger partial charge in [-0.1, -0.05) is 24.0 Å². The van der Waals surface area contributed by atoms with Crippen molar-refractivity contribution in [3.8, 4) is 17.6 Å². The average Bonchev–Trinajstić information content (AvgIpc) is 3.13. The lowest BCUT2D eigenvalue weighted by molar-refractivity contribution is 0.183. The van der Waals surface area contributed by atoms with Crippen LogP contribution in [-0.4, -0.2) is 42.9 Å². The van der Waals surface area contributed by atoms with Crippen LogP contribution in [-0.2, 0) is 13.1 Å². The number of benzene rings is 1. The zero-order valence-electron chi connectivity index (χ0n) is 15.2. The molecule has 0 spiro atoms. The van der Waals surface area contributed by atoms with Crippen molar-refractivity contribution in [3.63, 3.8) is 0 Å². The second kappa shape index (κ2) is 9.75. The molecule has 1 atom stereocenters. The predicted molar refractivity (Wildman–Crippen MR) is 106 cm³/mol. The van der Waals surface area contributed by atoms with Gasteiger partial charge in [-0.15, -0.1) is 11.3 Å². The molecule has 3 rings (SSSR count). The van der Waals surface area contributed by atoms with Gasteiger partial charge in [-0.25, -0.2) is 0 Å². The number of aliphatic hydroxyl groups is 1. The van der Waals surface area contributed by atoms with Crippen LogP contribution in [0.25, 0.3) is 0 Å². The summed E-state index contributed by atoms with van der Waals surface area (Å²) >= 11 is 1.72. The molecule has 0 saturated carbocycles. The summed E-state index contributed by atoms with van der Waals surface area (Å²) in [5.41, 5.74) is 2.29. The van der Waals surface area contributed by atoms with E-state index < -0.39 is 0 Å². The molecule has 5 heteroatoms. The highest BCUT2D eigenvalue weighted by molar-refractivity contribution is 7.10. The third-order valence-corrected chi connectivity index (χ3v) is 5.51. The number of likely N-dealkylation sites (tertiary alicyclic amines) is 1. The highest BCUT2D eigenvalue weighted by Crippen LogP contribution is 2.19. The lowest BCUT2D eigenvalue weighted by Gasteiger charge is -2.33. The number of nitrogens with zero attached hydrogens (tertiary/aromatic N) is 1. The quantitative estimate of drug-likeness (QED) is 0.768. The van der Waals surface area contributed by atoms with E-state index >= 15 is 0 Å². The molecule has 2 aromatic rings. The van der Waals surface area contributed by atoms with Crippen molar-refractivity contribution in [2.75, 3.05) is 26.8 Å². The average molecular weight is 371 g/mol. The molecule has 0 unspecified atom stereocenters. The van der Waals surface area contributed by atoms with Gasteiger partial charge in [0.2, 0.25) is 0 Å². The number of piperidine rings is 1. The van der Waals surface area contributed by atoms with Crippen LogP contribution in [0.1, 0.15) is 28.8 Å². The fraction of sp³-hybridized carbons (Fsp3) is 0.429. The van der Waals surface area contributed by atoms with Gasteiger partial charge in [0.25, 0.3) is 0 Å². The van der Waals surface area contributed by atoms with Gasteiger partial charge in [0, 0.05) is 41.5 Å². The standard InChI is InChI=1S/C21H26N2O2S/c1-25-20-8-2-5-17(11-20)14-23-9-3-7-19(15-23)22-13-21-12-18(16-26-21)6-4-10-24/h2,5,8,11-12,16,19,22,24H,3,7,9-10,13-15H2,1H3/t19-/m1/s1. The van der Waals surface area contributed by atoms with Gasteiger partial charge in [-0.2, -0.15) is 0 Å². The van der Waals surface area contributed by atoms with E-state index in [1.54, 1.807) is 18.4 Å². The minimum atomic E-state index is -0.0887. The maximum atomic E-state index is 8.77. The summed E-state index contributed by atoms with van der Waals surface area (Å²) in [4.78, 5) is 3.81. The first-order valence-electron chi connectivity index (χ1n) is 9.02. The van der Waals surface area contributed by atoms with Gasteiger partial charge >= 0.3 is 0 Å². The van der Waals surface area contributed by atoms with Gasteiger partial charge in [-0.05, 0) is 43.1 Å². The topological polar surface area (TPSA) is 44.7 Å². The maximum absolute atomic E-state index is 8.77. The van der Waals surface area contributed by atoms with Gasteiger partial charge in [0.15, 0.2) is 0 Å². The molecule has 0 radical (unpaired) electrons. The first-order chi connectivity index (χ1) is 12.8. The first-order valence-corrected chi connectivity index (χ1v) is 9.90. The molecule has 138 valence electrons. The summed E-state index contributed by atoms with van der Waals surface area (Å²) in [6, 6.07) is 11.0. The first kappa shape index (κ1) is 18.9. The number of nitrogens with one attached hydrogen (secondary N) is 1. The Morgan fingerprint density at radius 3 is 3.15 bits per heavy atom. The second-order valence-electron chi connectivity index (χ2n) is 6.57. The summed E-state index contributed by atoms with van der Waals surface area (Å²) in [5, 5.41) is 14.5. The van der Waals surface area contributed by atoms with Crippen molar-refractivity contribution < 1.29 is 9.84 Å². The number of ether oxygens (including phenoxy) is 1. The molecule has 1 aliphatic heterocycles. The molecular weight excluding hydrogens is 344 g/mol. The van der Waals surface area contributed by atoms with Gasteiger partial charge < -0.3 is 15.2 Å². The normalized spacial score (nSPS) is 17.5. The van der Waals surface area contributed by atoms with Gasteiger partial charge in [0.05, 0.1) is 7.11 Å². The van der Waals surface area contributed by atoms with Crippen LogP contribution in [0.2, 0.25) is 0 Å². The summed E-state index contributed by atoms with van der Waals surface area (Å²) in [7, 11) is 1.71. The summed E-state index contributed by atoms with van der Waals surface area (Å²) in [6.45, 7) is 3.97. The third kappa shape index (κ3) is 5.58. The Bertz CT molecular complexity index is 763. The van der Waals surface area contributed by atoms with Crippen molar-refractivity contribution >= 4 is 11.3 Å². The zero-order chi connectivity index (χ0) is 18.2. The number of methoxy groups -OCH3 is 1. The van der Waals surface area contributed by atoms with E-state index in [1.807, 2.05) is 6.07 Å². The van der Waals surface area contributed by atoms with E-state index in [4.69, 9.17) is 9.84 Å². The molecule has 4 nitrogen and oxygen atoms in total. The van der Waals surface area contributed by atoms with Gasteiger partial charge in [-0.3, -0.25) is 4.90 Å². The molecule has 2 heterocycles. The molecular formula is C21H26N2O2S. The Balaban J connectivity index is 1.49. The van der Waals surface area contributed by atoms with Crippen molar-refractivity contribution in [2.45, 2.75) is 32.0 Å². The summed E-state index contributed by atoms with van der Waals surface area (Å²) in [5.74, 6) is 6.58. The highest BCUT2D eigenvalue weighted by Gasteiger charge is 2.19. The number of aliphatic hydroxyl groups excluding tert-OH is 1. The van der Waals surface area contributed by atoms with Crippen LogP contribution in [0.15, 0.2) is 35.7 Å². The molecule has 1 aromatic carbocycles. The highest BCUT2D eigenvalue weighted by atomic mass is 32.1. The Hall–Kier alpha value is -1.84. The van der Waals surface area contributed by atoms with Crippen LogP contribution in [0.5, 0.6) is 5.75 Å². The van der Waals surface area contributed by atoms with Crippen molar-refractivity contribution in [2.24, 2.45) is 0 Å². The summed E-state index contributed by atoms with van der Waals surface area (Å²) < 4.78 is 5.33. The van der Waals surface area contributed by atoms with E-state index in [-0.39, 0.29) is 6.61 Å². The molecule has 1 aromatic heterocycles. The Labute approximate surface area is 159 Å². The van der Waals surface area contributed by atoms with Crippen molar-refractivity contribution in [1.29, 1.82) is 0 Å². The second-order valence-corrected chi connectivity index (χ2v) is 7.56. The summed E-state index contributed by atoms with van der Waals surface area (Å²) in [6.07, 6.45) is 2.44. The smallest absolute Gasteiger partial charge is 0.119 e. The maximum Gasteiger partial charge on any atom is 0.119 e. The molecule has 2 N–H and O–H groups in total. The Morgan fingerprint density at radius 1 is 1.38 bits per heavy atom. The predicted octanol–water partition coefficient (Wildman–Crippen LogP) is 2.85. The monoisotopic (exact) mass is 370 g/mol. The van der Waals surface area contributed by atoms with Crippen LogP contribution in [0.4, 0.5) is 0 Å². The van der Waals surface area contributed by atoms with Crippen LogP contribution in [0.3, 0.4) is 0 Å². The molecule has 1 fully saturated rings. The molecule has 0 bridgehead atoms.